The van der Waals surface area contributed by atoms with Gasteiger partial charge in [-0.25, -0.2) is 4.68 Å². The molecule has 0 saturated heterocycles. The number of carbonyl (C=O) groups excluding carboxylic acids is 1. The number of carbonyl (C=O) groups is 1. The van der Waals surface area contributed by atoms with Crippen molar-refractivity contribution in [3.8, 4) is 11.5 Å². The minimum atomic E-state index is -0.341. The molecule has 0 radical (unpaired) electrons. The van der Waals surface area contributed by atoms with Gasteiger partial charge in [0.1, 0.15) is 22.9 Å². The number of aromatic amines is 1. The van der Waals surface area contributed by atoms with E-state index in [0.29, 0.717) is 24.6 Å². The molecule has 4 rings (SSSR count). The van der Waals surface area contributed by atoms with Gasteiger partial charge in [-0.05, 0) is 20.8 Å². The first-order valence-corrected chi connectivity index (χ1v) is 8.92. The van der Waals surface area contributed by atoms with Gasteiger partial charge in [0, 0.05) is 30.3 Å². The highest BCUT2D eigenvalue weighted by Gasteiger charge is 2.30. The lowest BCUT2D eigenvalue weighted by atomic mass is 10.1. The molecule has 28 heavy (non-hydrogen) atoms. The monoisotopic (exact) mass is 382 g/mol. The summed E-state index contributed by atoms with van der Waals surface area (Å²) in [7, 11) is 0. The summed E-state index contributed by atoms with van der Waals surface area (Å²) in [5.74, 6) is -0.133. The maximum Gasteiger partial charge on any atom is 0.260 e. The molecule has 9 nitrogen and oxygen atoms in total. The van der Waals surface area contributed by atoms with Crippen molar-refractivity contribution in [2.24, 2.45) is 0 Å². The third-order valence-electron chi connectivity index (χ3n) is 4.66. The summed E-state index contributed by atoms with van der Waals surface area (Å²) in [6.45, 7) is 6.80. The number of nitrogens with one attached hydrogen (secondary N) is 2. The lowest BCUT2D eigenvalue weighted by Crippen LogP contribution is -2.27. The van der Waals surface area contributed by atoms with Crippen LogP contribution in [0.4, 0.5) is 11.5 Å². The van der Waals surface area contributed by atoms with Crippen molar-refractivity contribution in [1.82, 2.24) is 24.9 Å². The molecule has 3 aromatic rings. The number of hydrogen-bond acceptors (Lipinski definition) is 6. The van der Waals surface area contributed by atoms with Gasteiger partial charge in [0.2, 0.25) is 0 Å². The third kappa shape index (κ3) is 3.04. The average molecular weight is 382 g/mol. The average Bonchev–Trinajstić information content (AvgIpc) is 3.28. The highest BCUT2D eigenvalue weighted by Crippen LogP contribution is 2.36. The van der Waals surface area contributed by atoms with Gasteiger partial charge >= 0.3 is 0 Å². The van der Waals surface area contributed by atoms with Gasteiger partial charge < -0.3 is 20.4 Å². The molecule has 1 amide bonds. The van der Waals surface area contributed by atoms with Crippen LogP contribution in [-0.2, 0) is 18.6 Å². The lowest BCUT2D eigenvalue weighted by Gasteiger charge is -2.24. The molecule has 0 spiro atoms. The van der Waals surface area contributed by atoms with Crippen LogP contribution in [0.15, 0.2) is 30.6 Å². The fourth-order valence-electron chi connectivity index (χ4n) is 3.37. The number of phenols is 2. The van der Waals surface area contributed by atoms with Crippen LogP contribution < -0.4 is 5.32 Å². The Morgan fingerprint density at radius 3 is 2.75 bits per heavy atom. The molecule has 3 heterocycles. The van der Waals surface area contributed by atoms with E-state index in [4.69, 9.17) is 0 Å². The Balaban J connectivity index is 1.70. The fraction of sp³-hybridized carbons (Fsp3) is 0.316. The Hall–Kier alpha value is -3.49. The van der Waals surface area contributed by atoms with E-state index in [1.807, 2.05) is 20.8 Å². The Kier molecular flexibility index (Phi) is 4.02. The largest absolute Gasteiger partial charge is 0.508 e. The number of aromatic hydroxyl groups is 2. The summed E-state index contributed by atoms with van der Waals surface area (Å²) in [4.78, 5) is 14.8. The fourth-order valence-corrected chi connectivity index (χ4v) is 3.37. The number of anilines is 2. The number of H-pyrrole nitrogens is 1. The zero-order chi connectivity index (χ0) is 20.1. The van der Waals surface area contributed by atoms with E-state index in [9.17, 15) is 15.0 Å². The molecule has 1 aliphatic rings. The maximum absolute atomic E-state index is 13.2. The highest BCUT2D eigenvalue weighted by molar-refractivity contribution is 6.03. The number of hydrogen-bond donors (Lipinski definition) is 4. The summed E-state index contributed by atoms with van der Waals surface area (Å²) in [6.07, 6.45) is 3.35. The molecule has 2 aromatic heterocycles. The second kappa shape index (κ2) is 6.29. The molecule has 0 unspecified atom stereocenters. The molecule has 0 atom stereocenters. The molecule has 1 aromatic carbocycles. The number of nitrogens with zero attached hydrogens (tertiary/aromatic N) is 4. The Morgan fingerprint density at radius 2 is 2.04 bits per heavy atom. The van der Waals surface area contributed by atoms with Gasteiger partial charge in [0.15, 0.2) is 0 Å². The molecule has 0 saturated carbocycles. The van der Waals surface area contributed by atoms with E-state index in [0.717, 1.165) is 17.3 Å². The number of phenolic OH excluding ortho intramolecular Hbond substituents is 2. The standard InChI is InChI=1S/C19H22N6O3/c1-19(2,3)25-16(4-5-21-25)22-13-6-12(26)7-15(27)17(13)18(28)24-9-11-8-20-23-14(11)10-24/h4-8,22,26-27H,9-10H2,1-3H3,(H,20,23). The van der Waals surface area contributed by atoms with Gasteiger partial charge in [-0.1, -0.05) is 0 Å². The van der Waals surface area contributed by atoms with E-state index < -0.39 is 0 Å². The van der Waals surface area contributed by atoms with Crippen molar-refractivity contribution in [3.05, 3.63) is 47.4 Å². The summed E-state index contributed by atoms with van der Waals surface area (Å²) >= 11 is 0. The van der Waals surface area contributed by atoms with E-state index in [1.54, 1.807) is 28.0 Å². The first-order valence-electron chi connectivity index (χ1n) is 8.92. The maximum atomic E-state index is 13.2. The number of rotatable bonds is 3. The molecular weight excluding hydrogens is 360 g/mol. The normalized spacial score (nSPS) is 13.6. The van der Waals surface area contributed by atoms with Crippen molar-refractivity contribution < 1.29 is 15.0 Å². The highest BCUT2D eigenvalue weighted by atomic mass is 16.3. The summed E-state index contributed by atoms with van der Waals surface area (Å²) in [6, 6.07) is 4.35. The van der Waals surface area contributed by atoms with Crippen LogP contribution in [0.3, 0.4) is 0 Å². The van der Waals surface area contributed by atoms with Gasteiger partial charge in [-0.3, -0.25) is 9.89 Å². The summed E-state index contributed by atoms with van der Waals surface area (Å²) in [5, 5.41) is 34.7. The van der Waals surface area contributed by atoms with Crippen molar-refractivity contribution in [3.63, 3.8) is 0 Å². The molecular formula is C19H22N6O3. The van der Waals surface area contributed by atoms with Gasteiger partial charge in [0.05, 0.1) is 35.9 Å². The predicted molar refractivity (Wildman–Crippen MR) is 102 cm³/mol. The third-order valence-corrected chi connectivity index (χ3v) is 4.66. The SMILES string of the molecule is CC(C)(C)n1nccc1Nc1cc(O)cc(O)c1C(=O)N1Cc2cn[nH]c2C1. The molecule has 146 valence electrons. The Bertz CT molecular complexity index is 1030. The second-order valence-corrected chi connectivity index (χ2v) is 7.85. The molecule has 9 heteroatoms. The number of aromatic nitrogens is 4. The smallest absolute Gasteiger partial charge is 0.260 e. The van der Waals surface area contributed by atoms with Gasteiger partial charge in [-0.2, -0.15) is 10.2 Å². The first-order chi connectivity index (χ1) is 13.2. The lowest BCUT2D eigenvalue weighted by molar-refractivity contribution is 0.0747. The molecule has 0 aliphatic carbocycles. The van der Waals surface area contributed by atoms with Crippen molar-refractivity contribution in [2.45, 2.75) is 39.4 Å². The molecule has 0 fully saturated rings. The van der Waals surface area contributed by atoms with Crippen LogP contribution in [0.1, 0.15) is 42.4 Å². The van der Waals surface area contributed by atoms with Gasteiger partial charge in [-0.15, -0.1) is 0 Å². The van der Waals surface area contributed by atoms with Crippen molar-refractivity contribution in [1.29, 1.82) is 0 Å². The Labute approximate surface area is 161 Å². The summed E-state index contributed by atoms with van der Waals surface area (Å²) in [5.41, 5.74) is 1.94. The van der Waals surface area contributed by atoms with E-state index >= 15 is 0 Å². The zero-order valence-electron chi connectivity index (χ0n) is 15.9. The van der Waals surface area contributed by atoms with E-state index in [1.165, 1.54) is 6.07 Å². The summed E-state index contributed by atoms with van der Waals surface area (Å²) < 4.78 is 1.77. The van der Waals surface area contributed by atoms with Crippen LogP contribution >= 0.6 is 0 Å². The quantitative estimate of drug-likeness (QED) is 0.553. The van der Waals surface area contributed by atoms with Gasteiger partial charge in [0.25, 0.3) is 5.91 Å². The van der Waals surface area contributed by atoms with Crippen LogP contribution in [0.2, 0.25) is 0 Å². The number of amides is 1. The van der Waals surface area contributed by atoms with Crippen LogP contribution in [0.5, 0.6) is 11.5 Å². The number of fused-ring (bicyclic) bond motifs is 1. The molecule has 0 bridgehead atoms. The predicted octanol–water partition coefficient (Wildman–Crippen LogP) is 2.67. The second-order valence-electron chi connectivity index (χ2n) is 7.85. The number of benzene rings is 1. The van der Waals surface area contributed by atoms with E-state index in [-0.39, 0.29) is 28.5 Å². The molecule has 1 aliphatic heterocycles. The minimum Gasteiger partial charge on any atom is -0.508 e. The van der Waals surface area contributed by atoms with Crippen LogP contribution in [0, 0.1) is 0 Å². The topological polar surface area (TPSA) is 119 Å². The Morgan fingerprint density at radius 1 is 1.25 bits per heavy atom. The van der Waals surface area contributed by atoms with Crippen LogP contribution in [0.25, 0.3) is 0 Å². The van der Waals surface area contributed by atoms with Crippen molar-refractivity contribution in [2.75, 3.05) is 5.32 Å². The van der Waals surface area contributed by atoms with Crippen molar-refractivity contribution >= 4 is 17.4 Å². The minimum absolute atomic E-state index is 0.0950. The molecule has 4 N–H and O–H groups in total. The van der Waals surface area contributed by atoms with E-state index in [2.05, 4.69) is 20.6 Å². The van der Waals surface area contributed by atoms with Crippen LogP contribution in [-0.4, -0.2) is 41.0 Å². The first kappa shape index (κ1) is 17.9. The zero-order valence-corrected chi connectivity index (χ0v) is 15.9.